The van der Waals surface area contributed by atoms with Crippen LogP contribution in [0.3, 0.4) is 0 Å². The van der Waals surface area contributed by atoms with Crippen molar-refractivity contribution in [2.75, 3.05) is 12.0 Å². The Morgan fingerprint density at radius 3 is 2.45 bits per heavy atom. The van der Waals surface area contributed by atoms with E-state index >= 15 is 0 Å². The Morgan fingerprint density at radius 2 is 1.82 bits per heavy atom. The van der Waals surface area contributed by atoms with Crippen LogP contribution in [0, 0.1) is 11.3 Å². The Bertz CT molecular complexity index is 1350. The predicted molar refractivity (Wildman–Crippen MR) is 125 cm³/mol. The summed E-state index contributed by atoms with van der Waals surface area (Å²) < 4.78 is 9.21. The Balaban J connectivity index is 1.41. The van der Waals surface area contributed by atoms with Crippen molar-refractivity contribution in [2.24, 2.45) is 7.05 Å². The van der Waals surface area contributed by atoms with Crippen molar-refractivity contribution in [3.8, 4) is 28.3 Å². The van der Waals surface area contributed by atoms with Crippen LogP contribution in [0.15, 0.2) is 49.2 Å². The highest BCUT2D eigenvalue weighted by atomic mass is 16.5. The quantitative estimate of drug-likeness (QED) is 0.481. The summed E-state index contributed by atoms with van der Waals surface area (Å²) >= 11 is 0. The number of fused-ring (bicyclic) bond motifs is 3. The molecule has 4 aromatic rings. The average Bonchev–Trinajstić information content (AvgIpc) is 3.53. The fraction of sp³-hybridized carbons (Fsp3) is 0.360. The Hall–Kier alpha value is -3.70. The largest absolute Gasteiger partial charge is 0.381 e. The van der Waals surface area contributed by atoms with Crippen LogP contribution < -0.4 is 4.90 Å². The van der Waals surface area contributed by atoms with E-state index in [1.807, 2.05) is 38.9 Å². The third-order valence-electron chi connectivity index (χ3n) is 7.12. The fourth-order valence-electron chi connectivity index (χ4n) is 5.54. The molecule has 166 valence electrons. The number of methoxy groups -OCH3 is 1. The number of hydrogen-bond acceptors (Lipinski definition) is 6. The molecule has 4 aromatic heterocycles. The molecule has 33 heavy (non-hydrogen) atoms. The Kier molecular flexibility index (Phi) is 4.66. The zero-order valence-corrected chi connectivity index (χ0v) is 18.7. The molecule has 2 saturated heterocycles. The number of aromatic nitrogens is 5. The van der Waals surface area contributed by atoms with E-state index in [1.54, 1.807) is 15.4 Å². The lowest BCUT2D eigenvalue weighted by atomic mass is 9.99. The third kappa shape index (κ3) is 3.28. The number of hydrogen-bond donors (Lipinski definition) is 0. The summed E-state index contributed by atoms with van der Waals surface area (Å²) in [5.41, 5.74) is 5.22. The number of nitriles is 1. The van der Waals surface area contributed by atoms with E-state index in [2.05, 4.69) is 39.4 Å². The lowest BCUT2D eigenvalue weighted by molar-refractivity contribution is 0.0682. The maximum atomic E-state index is 9.66. The molecule has 0 aromatic carbocycles. The van der Waals surface area contributed by atoms with Crippen LogP contribution in [-0.2, 0) is 11.8 Å². The highest BCUT2D eigenvalue weighted by Crippen LogP contribution is 2.40. The van der Waals surface area contributed by atoms with Gasteiger partial charge in [-0.15, -0.1) is 0 Å². The molecule has 2 fully saturated rings. The van der Waals surface area contributed by atoms with Gasteiger partial charge < -0.3 is 9.64 Å². The first kappa shape index (κ1) is 19.9. The number of aryl methyl sites for hydroxylation is 1. The lowest BCUT2D eigenvalue weighted by Gasteiger charge is -2.39. The van der Waals surface area contributed by atoms with Crippen molar-refractivity contribution in [1.29, 1.82) is 5.26 Å². The van der Waals surface area contributed by atoms with E-state index in [4.69, 9.17) is 9.72 Å². The van der Waals surface area contributed by atoms with E-state index in [0.29, 0.717) is 23.8 Å². The lowest BCUT2D eigenvalue weighted by Crippen LogP contribution is -2.45. The van der Waals surface area contributed by atoms with Crippen LogP contribution >= 0.6 is 0 Å². The summed E-state index contributed by atoms with van der Waals surface area (Å²) in [6, 6.07) is 9.59. The second-order valence-electron chi connectivity index (χ2n) is 9.03. The van der Waals surface area contributed by atoms with Crippen LogP contribution in [0.25, 0.3) is 27.8 Å². The molecule has 2 aliphatic rings. The fourth-order valence-corrected chi connectivity index (χ4v) is 5.54. The minimum Gasteiger partial charge on any atom is -0.381 e. The maximum absolute atomic E-state index is 9.66. The molecule has 0 radical (unpaired) electrons. The first-order valence-electron chi connectivity index (χ1n) is 11.3. The molecule has 0 aliphatic carbocycles. The van der Waals surface area contributed by atoms with Crippen LogP contribution in [0.4, 0.5) is 5.82 Å². The third-order valence-corrected chi connectivity index (χ3v) is 7.12. The predicted octanol–water partition coefficient (Wildman–Crippen LogP) is 3.81. The zero-order chi connectivity index (χ0) is 22.5. The normalized spacial score (nSPS) is 22.1. The van der Waals surface area contributed by atoms with E-state index in [-0.39, 0.29) is 0 Å². The summed E-state index contributed by atoms with van der Waals surface area (Å²) in [6.45, 7) is 0. The van der Waals surface area contributed by atoms with Gasteiger partial charge in [-0.2, -0.15) is 15.5 Å². The summed E-state index contributed by atoms with van der Waals surface area (Å²) in [6.07, 6.45) is 14.2. The van der Waals surface area contributed by atoms with Crippen molar-refractivity contribution in [2.45, 2.75) is 43.9 Å². The van der Waals surface area contributed by atoms with Crippen LogP contribution in [-0.4, -0.2) is 49.7 Å². The average molecular weight is 440 g/mol. The van der Waals surface area contributed by atoms with Gasteiger partial charge in [0.25, 0.3) is 0 Å². The van der Waals surface area contributed by atoms with Crippen molar-refractivity contribution in [3.05, 3.63) is 54.7 Å². The van der Waals surface area contributed by atoms with Crippen LogP contribution in [0.1, 0.15) is 31.2 Å². The number of piperidine rings is 1. The number of nitrogens with zero attached hydrogens (tertiary/aromatic N) is 7. The molecule has 1 unspecified atom stereocenters. The minimum absolute atomic E-state index is 0.354. The molecule has 2 bridgehead atoms. The maximum Gasteiger partial charge on any atom is 0.129 e. The van der Waals surface area contributed by atoms with Gasteiger partial charge >= 0.3 is 0 Å². The monoisotopic (exact) mass is 439 g/mol. The van der Waals surface area contributed by atoms with Crippen LogP contribution in [0.2, 0.25) is 0 Å². The summed E-state index contributed by atoms with van der Waals surface area (Å²) in [5.74, 6) is 1.02. The van der Waals surface area contributed by atoms with Crippen molar-refractivity contribution in [3.63, 3.8) is 0 Å². The molecule has 0 N–H and O–H groups in total. The molecule has 2 aliphatic heterocycles. The molecule has 8 nitrogen and oxygen atoms in total. The van der Waals surface area contributed by atoms with Gasteiger partial charge in [0, 0.05) is 67.1 Å². The molecule has 0 spiro atoms. The van der Waals surface area contributed by atoms with Gasteiger partial charge in [-0.25, -0.2) is 9.50 Å². The molecule has 0 saturated carbocycles. The van der Waals surface area contributed by atoms with Gasteiger partial charge in [0.1, 0.15) is 11.9 Å². The van der Waals surface area contributed by atoms with Crippen molar-refractivity contribution < 1.29 is 4.74 Å². The first-order valence-corrected chi connectivity index (χ1v) is 11.3. The van der Waals surface area contributed by atoms with Gasteiger partial charge in [-0.1, -0.05) is 0 Å². The smallest absolute Gasteiger partial charge is 0.129 e. The number of ether oxygens (including phenoxy) is 1. The van der Waals surface area contributed by atoms with Gasteiger partial charge in [-0.05, 0) is 43.9 Å². The Morgan fingerprint density at radius 1 is 1.00 bits per heavy atom. The van der Waals surface area contributed by atoms with E-state index in [1.165, 1.54) is 12.8 Å². The molecule has 6 rings (SSSR count). The zero-order valence-electron chi connectivity index (χ0n) is 18.7. The molecule has 0 amide bonds. The van der Waals surface area contributed by atoms with Crippen LogP contribution in [0.5, 0.6) is 0 Å². The first-order chi connectivity index (χ1) is 16.1. The van der Waals surface area contributed by atoms with E-state index < -0.39 is 0 Å². The van der Waals surface area contributed by atoms with Crippen molar-refractivity contribution in [1.82, 2.24) is 24.4 Å². The Labute approximate surface area is 192 Å². The summed E-state index contributed by atoms with van der Waals surface area (Å²) in [7, 11) is 3.72. The van der Waals surface area contributed by atoms with Gasteiger partial charge in [0.15, 0.2) is 0 Å². The van der Waals surface area contributed by atoms with E-state index in [9.17, 15) is 5.26 Å². The molecule has 6 heterocycles. The summed E-state index contributed by atoms with van der Waals surface area (Å²) in [4.78, 5) is 7.37. The van der Waals surface area contributed by atoms with Crippen molar-refractivity contribution >= 4 is 11.3 Å². The standard InChI is InChI=1S/C25H25N7O/c1-30-14-19(13-28-30)17-7-23(25-18(10-26)12-29-31(25)15-17)16-3-6-24(27-11-16)32-20-4-5-21(32)9-22(8-20)33-2/h3,6-7,11-15,20-22H,4-5,8-9H2,1-2H3/t20-,21?,22+/m0/s1. The summed E-state index contributed by atoms with van der Waals surface area (Å²) in [5, 5.41) is 18.4. The van der Waals surface area contributed by atoms with Gasteiger partial charge in [0.2, 0.25) is 0 Å². The SMILES string of the molecule is CO[C@H]1CC2CC[C@@H](C1)N2c1ccc(-c2cc(-c3cnn(C)c3)cn3ncc(C#N)c23)cn1. The number of rotatable bonds is 4. The highest BCUT2D eigenvalue weighted by Gasteiger charge is 2.41. The topological polar surface area (TPSA) is 84.3 Å². The van der Waals surface area contributed by atoms with Gasteiger partial charge in [0.05, 0.1) is 29.6 Å². The molecule has 8 heteroatoms. The molecular formula is C25H25N7O. The highest BCUT2D eigenvalue weighted by molar-refractivity contribution is 5.87. The number of anilines is 1. The molecule has 3 atom stereocenters. The minimum atomic E-state index is 0.354. The number of pyridine rings is 2. The van der Waals surface area contributed by atoms with Gasteiger partial charge in [-0.3, -0.25) is 4.68 Å². The van der Waals surface area contributed by atoms with E-state index in [0.717, 1.165) is 46.4 Å². The second kappa shape index (κ2) is 7.71. The molecular weight excluding hydrogens is 414 g/mol. The second-order valence-corrected chi connectivity index (χ2v) is 9.03.